The second kappa shape index (κ2) is 5.68. The summed E-state index contributed by atoms with van der Waals surface area (Å²) in [5.41, 5.74) is -0.509. The molecule has 2 rings (SSSR count). The van der Waals surface area contributed by atoms with Crippen LogP contribution in [0.4, 0.5) is 11.4 Å². The maximum absolute atomic E-state index is 12.0. The van der Waals surface area contributed by atoms with E-state index in [4.69, 9.17) is 11.6 Å². The maximum Gasteiger partial charge on any atom is 0.312 e. The van der Waals surface area contributed by atoms with Crippen molar-refractivity contribution in [1.29, 1.82) is 0 Å². The van der Waals surface area contributed by atoms with Gasteiger partial charge >= 0.3 is 5.69 Å². The van der Waals surface area contributed by atoms with Gasteiger partial charge in [0.05, 0.1) is 10.5 Å². The fourth-order valence-electron chi connectivity index (χ4n) is 1.64. The minimum Gasteiger partial charge on any atom is -0.507 e. The van der Waals surface area contributed by atoms with Crippen molar-refractivity contribution in [2.45, 2.75) is 0 Å². The molecule has 0 saturated carbocycles. The number of phenols is 2. The third kappa shape index (κ3) is 3.21. The highest BCUT2D eigenvalue weighted by Gasteiger charge is 2.16. The van der Waals surface area contributed by atoms with E-state index in [-0.39, 0.29) is 22.0 Å². The number of nitro benzene ring substituents is 1. The zero-order chi connectivity index (χ0) is 15.6. The largest absolute Gasteiger partial charge is 0.507 e. The van der Waals surface area contributed by atoms with Crippen molar-refractivity contribution in [3.63, 3.8) is 0 Å². The Hall–Kier alpha value is -2.80. The molecule has 0 aromatic heterocycles. The number of halogens is 1. The van der Waals surface area contributed by atoms with Crippen molar-refractivity contribution in [1.82, 2.24) is 0 Å². The van der Waals surface area contributed by atoms with Gasteiger partial charge in [-0.2, -0.15) is 0 Å². The summed E-state index contributed by atoms with van der Waals surface area (Å²) in [6.45, 7) is 0. The lowest BCUT2D eigenvalue weighted by Gasteiger charge is -2.07. The number of nitrogens with zero attached hydrogens (tertiary/aromatic N) is 1. The summed E-state index contributed by atoms with van der Waals surface area (Å²) < 4.78 is 0. The van der Waals surface area contributed by atoms with E-state index in [0.29, 0.717) is 0 Å². The quantitative estimate of drug-likeness (QED) is 0.458. The van der Waals surface area contributed by atoms with Crippen LogP contribution in [0.1, 0.15) is 10.4 Å². The molecule has 0 bridgehead atoms. The lowest BCUT2D eigenvalue weighted by molar-refractivity contribution is -0.385. The highest BCUT2D eigenvalue weighted by molar-refractivity contribution is 6.31. The highest BCUT2D eigenvalue weighted by atomic mass is 35.5. The molecule has 0 saturated heterocycles. The van der Waals surface area contributed by atoms with Crippen LogP contribution in [0.2, 0.25) is 5.02 Å². The van der Waals surface area contributed by atoms with Gasteiger partial charge in [0.2, 0.25) is 0 Å². The van der Waals surface area contributed by atoms with Crippen LogP contribution in [0.3, 0.4) is 0 Å². The molecule has 0 fully saturated rings. The van der Waals surface area contributed by atoms with E-state index >= 15 is 0 Å². The van der Waals surface area contributed by atoms with Gasteiger partial charge in [-0.1, -0.05) is 11.6 Å². The van der Waals surface area contributed by atoms with Crippen LogP contribution in [-0.4, -0.2) is 21.0 Å². The Labute approximate surface area is 123 Å². The summed E-state index contributed by atoms with van der Waals surface area (Å²) in [5, 5.41) is 32.3. The van der Waals surface area contributed by atoms with E-state index in [1.807, 2.05) is 0 Å². The van der Waals surface area contributed by atoms with Gasteiger partial charge < -0.3 is 15.5 Å². The highest BCUT2D eigenvalue weighted by Crippen LogP contribution is 2.29. The molecule has 0 radical (unpaired) electrons. The van der Waals surface area contributed by atoms with Crippen molar-refractivity contribution in [3.05, 3.63) is 57.1 Å². The van der Waals surface area contributed by atoms with Gasteiger partial charge in [0, 0.05) is 16.8 Å². The molecule has 3 N–H and O–H groups in total. The molecule has 2 aromatic rings. The van der Waals surface area contributed by atoms with Crippen molar-refractivity contribution in [2.75, 3.05) is 5.32 Å². The normalized spacial score (nSPS) is 10.1. The number of hydrogen-bond acceptors (Lipinski definition) is 5. The zero-order valence-corrected chi connectivity index (χ0v) is 11.2. The summed E-state index contributed by atoms with van der Waals surface area (Å²) >= 11 is 5.74. The third-order valence-electron chi connectivity index (χ3n) is 2.63. The number of nitro groups is 1. The summed E-state index contributed by atoms with van der Waals surface area (Å²) in [6, 6.07) is 7.33. The molecule has 21 heavy (non-hydrogen) atoms. The number of aromatic hydroxyl groups is 2. The molecule has 0 aliphatic rings. The van der Waals surface area contributed by atoms with Gasteiger partial charge in [0.1, 0.15) is 5.75 Å². The third-order valence-corrected chi connectivity index (χ3v) is 2.87. The molecule has 8 heteroatoms. The van der Waals surface area contributed by atoms with Gasteiger partial charge in [-0.3, -0.25) is 14.9 Å². The van der Waals surface area contributed by atoms with Crippen LogP contribution >= 0.6 is 11.6 Å². The zero-order valence-electron chi connectivity index (χ0n) is 10.4. The Bertz CT molecular complexity index is 732. The molecule has 108 valence electrons. The monoisotopic (exact) mass is 308 g/mol. The second-order valence-electron chi connectivity index (χ2n) is 4.08. The molecule has 0 aliphatic carbocycles. The number of benzene rings is 2. The van der Waals surface area contributed by atoms with E-state index in [1.165, 1.54) is 24.3 Å². The average molecular weight is 309 g/mol. The minimum absolute atomic E-state index is 0.0711. The lowest BCUT2D eigenvalue weighted by Crippen LogP contribution is -2.12. The molecular formula is C13H9ClN2O5. The van der Waals surface area contributed by atoms with Gasteiger partial charge in [0.15, 0.2) is 5.75 Å². The fraction of sp³-hybridized carbons (Fsp3) is 0. The van der Waals surface area contributed by atoms with E-state index in [9.17, 15) is 25.1 Å². The van der Waals surface area contributed by atoms with Gasteiger partial charge in [-0.15, -0.1) is 0 Å². The number of anilines is 1. The Morgan fingerprint density at radius 2 is 1.81 bits per heavy atom. The van der Waals surface area contributed by atoms with Crippen LogP contribution in [0.15, 0.2) is 36.4 Å². The van der Waals surface area contributed by atoms with Crippen molar-refractivity contribution < 1.29 is 19.9 Å². The first-order valence-corrected chi connectivity index (χ1v) is 6.03. The Kier molecular flexibility index (Phi) is 3.95. The second-order valence-corrected chi connectivity index (χ2v) is 4.51. The van der Waals surface area contributed by atoms with Crippen LogP contribution in [0, 0.1) is 10.1 Å². The molecule has 1 amide bonds. The number of carbonyl (C=O) groups excluding carboxylic acids is 1. The van der Waals surface area contributed by atoms with Crippen LogP contribution in [-0.2, 0) is 0 Å². The maximum atomic E-state index is 12.0. The summed E-state index contributed by atoms with van der Waals surface area (Å²) in [4.78, 5) is 21.9. The molecule has 0 spiro atoms. The number of carbonyl (C=O) groups is 1. The molecule has 7 nitrogen and oxygen atoms in total. The first-order chi connectivity index (χ1) is 9.88. The number of nitrogens with one attached hydrogen (secondary N) is 1. The van der Waals surface area contributed by atoms with Crippen molar-refractivity contribution in [3.8, 4) is 11.5 Å². The molecule has 2 aromatic carbocycles. The standard InChI is InChI=1S/C13H9ClN2O5/c14-7-1-3-11(17)9(5-7)13(19)15-8-2-4-12(18)10(6-8)16(20)21/h1-6,17-18H,(H,15,19). The fourth-order valence-corrected chi connectivity index (χ4v) is 1.81. The van der Waals surface area contributed by atoms with Crippen molar-refractivity contribution >= 4 is 28.9 Å². The predicted molar refractivity (Wildman–Crippen MR) is 75.8 cm³/mol. The summed E-state index contributed by atoms with van der Waals surface area (Å²) in [6.07, 6.45) is 0. The first kappa shape index (κ1) is 14.6. The average Bonchev–Trinajstić information content (AvgIpc) is 2.43. The van der Waals surface area contributed by atoms with Gasteiger partial charge in [-0.25, -0.2) is 0 Å². The van der Waals surface area contributed by atoms with E-state index in [0.717, 1.165) is 12.1 Å². The lowest BCUT2D eigenvalue weighted by atomic mass is 10.1. The summed E-state index contributed by atoms with van der Waals surface area (Å²) in [7, 11) is 0. The topological polar surface area (TPSA) is 113 Å². The van der Waals surface area contributed by atoms with E-state index in [2.05, 4.69) is 5.32 Å². The number of rotatable bonds is 3. The molecular weight excluding hydrogens is 300 g/mol. The van der Waals surface area contributed by atoms with E-state index < -0.39 is 22.3 Å². The number of amides is 1. The van der Waals surface area contributed by atoms with Crippen LogP contribution in [0.5, 0.6) is 11.5 Å². The van der Waals surface area contributed by atoms with Crippen LogP contribution < -0.4 is 5.32 Å². The molecule has 0 heterocycles. The molecule has 0 atom stereocenters. The number of hydrogen-bond donors (Lipinski definition) is 3. The molecule has 0 unspecified atom stereocenters. The molecule has 0 aliphatic heterocycles. The Morgan fingerprint density at radius 3 is 2.48 bits per heavy atom. The van der Waals surface area contributed by atoms with Gasteiger partial charge in [-0.05, 0) is 30.3 Å². The van der Waals surface area contributed by atoms with Gasteiger partial charge in [0.25, 0.3) is 5.91 Å². The predicted octanol–water partition coefficient (Wildman–Crippen LogP) is 2.91. The van der Waals surface area contributed by atoms with Crippen LogP contribution in [0.25, 0.3) is 0 Å². The van der Waals surface area contributed by atoms with Crippen molar-refractivity contribution in [2.24, 2.45) is 0 Å². The summed E-state index contributed by atoms with van der Waals surface area (Å²) in [5.74, 6) is -1.47. The minimum atomic E-state index is -0.776. The SMILES string of the molecule is O=C(Nc1ccc(O)c([N+](=O)[O-])c1)c1cc(Cl)ccc1O. The smallest absolute Gasteiger partial charge is 0.312 e. The Balaban J connectivity index is 2.29. The first-order valence-electron chi connectivity index (χ1n) is 5.66. The Morgan fingerprint density at radius 1 is 1.14 bits per heavy atom. The number of phenolic OH excluding ortho intramolecular Hbond substituents is 2. The van der Waals surface area contributed by atoms with E-state index in [1.54, 1.807) is 0 Å².